The van der Waals surface area contributed by atoms with Crippen molar-refractivity contribution in [2.45, 2.75) is 71.1 Å². The fourth-order valence-corrected chi connectivity index (χ4v) is 5.05. The Bertz CT molecular complexity index is 769. The van der Waals surface area contributed by atoms with Crippen LogP contribution in [0.4, 0.5) is 0 Å². The third kappa shape index (κ3) is 3.86. The lowest BCUT2D eigenvalue weighted by atomic mass is 9.63. The van der Waals surface area contributed by atoms with E-state index in [1.165, 1.54) is 27.7 Å². The predicted molar refractivity (Wildman–Crippen MR) is 120 cm³/mol. The molecular formula is C24H32BS. The van der Waals surface area contributed by atoms with E-state index in [0.717, 1.165) is 12.8 Å². The SMILES string of the molecule is C=CC(CC)C/C=C/[B]c1cc2cc3c(cc2s1)C(C)(C)CCC3(C)C. The molecule has 26 heavy (non-hydrogen) atoms. The molecule has 1 atom stereocenters. The Labute approximate surface area is 164 Å². The van der Waals surface area contributed by atoms with Gasteiger partial charge in [-0.3, -0.25) is 0 Å². The Hall–Kier alpha value is -1.28. The van der Waals surface area contributed by atoms with E-state index in [9.17, 15) is 0 Å². The van der Waals surface area contributed by atoms with Gasteiger partial charge < -0.3 is 0 Å². The van der Waals surface area contributed by atoms with Crippen molar-refractivity contribution >= 4 is 33.5 Å². The third-order valence-electron chi connectivity index (χ3n) is 6.20. The van der Waals surface area contributed by atoms with E-state index in [2.05, 4.69) is 84.8 Å². The summed E-state index contributed by atoms with van der Waals surface area (Å²) in [5.74, 6) is 2.81. The topological polar surface area (TPSA) is 0 Å². The normalized spacial score (nSPS) is 19.4. The first-order chi connectivity index (χ1) is 12.3. The lowest BCUT2D eigenvalue weighted by Crippen LogP contribution is -2.33. The molecule has 0 nitrogen and oxygen atoms in total. The van der Waals surface area contributed by atoms with Gasteiger partial charge in [-0.15, -0.1) is 12.6 Å². The molecule has 137 valence electrons. The van der Waals surface area contributed by atoms with Crippen molar-refractivity contribution in [3.63, 3.8) is 0 Å². The van der Waals surface area contributed by atoms with Crippen LogP contribution in [0.2, 0.25) is 0 Å². The van der Waals surface area contributed by atoms with Gasteiger partial charge in [0.25, 0.3) is 0 Å². The molecule has 0 saturated heterocycles. The van der Waals surface area contributed by atoms with E-state index in [1.54, 1.807) is 11.1 Å². The van der Waals surface area contributed by atoms with Crippen LogP contribution in [-0.2, 0) is 10.8 Å². The van der Waals surface area contributed by atoms with Crippen LogP contribution in [-0.4, -0.2) is 7.28 Å². The summed E-state index contributed by atoms with van der Waals surface area (Å²) >= 11 is 1.91. The summed E-state index contributed by atoms with van der Waals surface area (Å²) < 4.78 is 2.77. The van der Waals surface area contributed by atoms with Crippen molar-refractivity contribution in [3.05, 3.63) is 54.0 Å². The predicted octanol–water partition coefficient (Wildman–Crippen LogP) is 6.70. The first-order valence-electron chi connectivity index (χ1n) is 9.98. The fraction of sp³-hybridized carbons (Fsp3) is 0.500. The zero-order valence-corrected chi connectivity index (χ0v) is 17.9. The smallest absolute Gasteiger partial charge is 0.151 e. The maximum atomic E-state index is 3.92. The minimum absolute atomic E-state index is 0.282. The van der Waals surface area contributed by atoms with Gasteiger partial charge in [-0.05, 0) is 81.9 Å². The van der Waals surface area contributed by atoms with Crippen LogP contribution in [0.5, 0.6) is 0 Å². The summed E-state index contributed by atoms with van der Waals surface area (Å²) in [7, 11) is 2.26. The molecule has 1 aliphatic rings. The van der Waals surface area contributed by atoms with Crippen molar-refractivity contribution in [1.82, 2.24) is 0 Å². The van der Waals surface area contributed by atoms with Gasteiger partial charge in [0.1, 0.15) is 0 Å². The molecule has 3 rings (SSSR count). The second-order valence-electron chi connectivity index (χ2n) is 9.09. The van der Waals surface area contributed by atoms with Gasteiger partial charge in [0.2, 0.25) is 0 Å². The van der Waals surface area contributed by atoms with Crippen molar-refractivity contribution in [2.75, 3.05) is 0 Å². The van der Waals surface area contributed by atoms with E-state index in [4.69, 9.17) is 0 Å². The van der Waals surface area contributed by atoms with E-state index in [-0.39, 0.29) is 10.8 Å². The number of rotatable bonds is 6. The molecule has 1 aromatic heterocycles. The van der Waals surface area contributed by atoms with Crippen LogP contribution >= 0.6 is 11.3 Å². The van der Waals surface area contributed by atoms with Crippen molar-refractivity contribution in [2.24, 2.45) is 5.92 Å². The van der Waals surface area contributed by atoms with Crippen molar-refractivity contribution < 1.29 is 0 Å². The van der Waals surface area contributed by atoms with E-state index in [1.807, 2.05) is 11.3 Å². The minimum Gasteiger partial charge on any atom is -0.151 e. The number of benzene rings is 1. The van der Waals surface area contributed by atoms with Crippen LogP contribution < -0.4 is 4.78 Å². The summed E-state index contributed by atoms with van der Waals surface area (Å²) in [5.41, 5.74) is 3.68. The Morgan fingerprint density at radius 3 is 2.38 bits per heavy atom. The Morgan fingerprint density at radius 2 is 1.77 bits per heavy atom. The lowest BCUT2D eigenvalue weighted by Gasteiger charge is -2.41. The quantitative estimate of drug-likeness (QED) is 0.396. The molecule has 1 aromatic carbocycles. The van der Waals surface area contributed by atoms with Crippen LogP contribution in [0, 0.1) is 5.92 Å². The first kappa shape index (κ1) is 19.5. The maximum Gasteiger partial charge on any atom is 0.194 e. The molecular weight excluding hydrogens is 331 g/mol. The largest absolute Gasteiger partial charge is 0.194 e. The summed E-state index contributed by atoms with van der Waals surface area (Å²) in [5, 5.41) is 1.40. The van der Waals surface area contributed by atoms with Crippen LogP contribution in [0.1, 0.15) is 71.4 Å². The van der Waals surface area contributed by atoms with Crippen LogP contribution in [0.3, 0.4) is 0 Å². The molecule has 0 N–H and O–H groups in total. The van der Waals surface area contributed by atoms with Crippen molar-refractivity contribution in [1.29, 1.82) is 0 Å². The Morgan fingerprint density at radius 1 is 1.12 bits per heavy atom. The van der Waals surface area contributed by atoms with Gasteiger partial charge in [0.05, 0.1) is 0 Å². The van der Waals surface area contributed by atoms with Gasteiger partial charge in [0.15, 0.2) is 7.28 Å². The molecule has 2 heteroatoms. The molecule has 1 radical (unpaired) electrons. The molecule has 0 saturated carbocycles. The zero-order valence-electron chi connectivity index (χ0n) is 17.1. The lowest BCUT2D eigenvalue weighted by molar-refractivity contribution is 0.332. The number of hydrogen-bond acceptors (Lipinski definition) is 1. The number of thiophene rings is 1. The van der Waals surface area contributed by atoms with E-state index < -0.39 is 0 Å². The average Bonchev–Trinajstić information content (AvgIpc) is 3.00. The molecule has 0 aliphatic heterocycles. The molecule has 0 spiro atoms. The van der Waals surface area contributed by atoms with Gasteiger partial charge in [-0.2, -0.15) is 11.3 Å². The summed E-state index contributed by atoms with van der Waals surface area (Å²) in [4.78, 5) is 0. The summed E-state index contributed by atoms with van der Waals surface area (Å²) in [6.45, 7) is 15.7. The number of fused-ring (bicyclic) bond motifs is 2. The molecule has 0 bridgehead atoms. The van der Waals surface area contributed by atoms with E-state index in [0.29, 0.717) is 5.92 Å². The molecule has 2 aromatic rings. The second-order valence-corrected chi connectivity index (χ2v) is 10.2. The third-order valence-corrected chi connectivity index (χ3v) is 7.27. The van der Waals surface area contributed by atoms with Gasteiger partial charge in [0, 0.05) is 4.70 Å². The van der Waals surface area contributed by atoms with Crippen molar-refractivity contribution in [3.8, 4) is 0 Å². The Kier molecular flexibility index (Phi) is 5.54. The highest BCUT2D eigenvalue weighted by Crippen LogP contribution is 2.47. The van der Waals surface area contributed by atoms with Gasteiger partial charge >= 0.3 is 0 Å². The van der Waals surface area contributed by atoms with Gasteiger partial charge in [-0.1, -0.05) is 46.8 Å². The highest BCUT2D eigenvalue weighted by atomic mass is 32.1. The summed E-state index contributed by atoms with van der Waals surface area (Å²) in [6, 6.07) is 7.29. The molecule has 0 fully saturated rings. The second kappa shape index (κ2) is 7.39. The Balaban J connectivity index is 1.86. The summed E-state index contributed by atoms with van der Waals surface area (Å²) in [6.07, 6.45) is 9.13. The van der Waals surface area contributed by atoms with E-state index >= 15 is 0 Å². The zero-order chi connectivity index (χ0) is 18.9. The molecule has 1 aliphatic carbocycles. The van der Waals surface area contributed by atoms with Crippen LogP contribution in [0.15, 0.2) is 42.9 Å². The standard InChI is InChI=1S/C24H32BS/c1-7-17(8-2)10-9-13-25-22-15-18-14-19-20(16-21(18)26-22)24(5,6)12-11-23(19,3)4/h7,9,13-17H,1,8,10-12H2,2-6H3/b13-9+. The fourth-order valence-electron chi connectivity index (χ4n) is 4.05. The van der Waals surface area contributed by atoms with Crippen LogP contribution in [0.25, 0.3) is 10.1 Å². The molecule has 1 heterocycles. The minimum atomic E-state index is 0.282. The highest BCUT2D eigenvalue weighted by molar-refractivity contribution is 7.27. The maximum absolute atomic E-state index is 3.92. The number of hydrogen-bond donors (Lipinski definition) is 0. The first-order valence-corrected chi connectivity index (χ1v) is 10.8. The molecule has 0 amide bonds. The molecule has 1 unspecified atom stereocenters. The monoisotopic (exact) mass is 363 g/mol. The number of allylic oxidation sites excluding steroid dienone is 2. The average molecular weight is 363 g/mol. The van der Waals surface area contributed by atoms with Gasteiger partial charge in [-0.25, -0.2) is 0 Å². The highest BCUT2D eigenvalue weighted by Gasteiger charge is 2.37.